The normalized spacial score (nSPS) is 13.3. The number of carbonyl (C=O) groups is 1. The van der Waals surface area contributed by atoms with E-state index in [1.165, 1.54) is 6.92 Å². The van der Waals surface area contributed by atoms with E-state index in [2.05, 4.69) is 4.74 Å². The Hall–Kier alpha value is -1.25. The van der Waals surface area contributed by atoms with Gasteiger partial charge in [-0.2, -0.15) is 26.3 Å². The van der Waals surface area contributed by atoms with Gasteiger partial charge in [0.15, 0.2) is 0 Å². The van der Waals surface area contributed by atoms with Gasteiger partial charge in [-0.05, 0) is 6.92 Å². The number of halogens is 6. The van der Waals surface area contributed by atoms with Crippen molar-refractivity contribution in [2.24, 2.45) is 0 Å². The zero-order valence-electron chi connectivity index (χ0n) is 9.31. The van der Waals surface area contributed by atoms with Gasteiger partial charge in [0.2, 0.25) is 0 Å². The predicted octanol–water partition coefficient (Wildman–Crippen LogP) is 2.84. The summed E-state index contributed by atoms with van der Waals surface area (Å²) in [5.41, 5.74) is 0. The summed E-state index contributed by atoms with van der Waals surface area (Å²) in [6, 6.07) is 0. The molecule has 3 nitrogen and oxygen atoms in total. The molecule has 0 aliphatic carbocycles. The van der Waals surface area contributed by atoms with Crippen molar-refractivity contribution in [2.45, 2.75) is 25.9 Å². The van der Waals surface area contributed by atoms with Gasteiger partial charge in [0.1, 0.15) is 0 Å². The third-order valence-corrected chi connectivity index (χ3v) is 1.66. The molecule has 0 N–H and O–H groups in total. The van der Waals surface area contributed by atoms with Crippen molar-refractivity contribution in [3.63, 3.8) is 0 Å². The first-order chi connectivity index (χ1) is 8.09. The van der Waals surface area contributed by atoms with Crippen LogP contribution < -0.4 is 0 Å². The number of rotatable bonds is 5. The minimum atomic E-state index is -5.52. The van der Waals surface area contributed by atoms with E-state index in [9.17, 15) is 31.1 Å². The molecule has 0 aromatic heterocycles. The highest BCUT2D eigenvalue weighted by Gasteiger charge is 2.52. The molecule has 9 heteroatoms. The molecule has 0 heterocycles. The van der Waals surface area contributed by atoms with Gasteiger partial charge in [0, 0.05) is 6.54 Å². The highest BCUT2D eigenvalue weighted by atomic mass is 19.4. The molecule has 0 unspecified atom stereocenters. The van der Waals surface area contributed by atoms with Crippen LogP contribution in [0.3, 0.4) is 0 Å². The predicted molar refractivity (Wildman–Crippen MR) is 49.2 cm³/mol. The molecule has 0 saturated heterocycles. The molecular weight excluding hydrogens is 268 g/mol. The minimum absolute atomic E-state index is 0.0872. The molecule has 0 aliphatic rings. The Labute approximate surface area is 99.0 Å². The highest BCUT2D eigenvalue weighted by molar-refractivity contribution is 5.71. The molecule has 0 aromatic carbocycles. The SMILES string of the molecule is CCOC(=O)CC=CCN(C(F)(F)F)C(F)(F)F. The average molecular weight is 279 g/mol. The van der Waals surface area contributed by atoms with Crippen molar-refractivity contribution < 1.29 is 35.9 Å². The summed E-state index contributed by atoms with van der Waals surface area (Å²) in [5, 5.41) is 0. The van der Waals surface area contributed by atoms with E-state index in [0.29, 0.717) is 6.08 Å². The lowest BCUT2D eigenvalue weighted by molar-refractivity contribution is -0.369. The van der Waals surface area contributed by atoms with Crippen molar-refractivity contribution in [3.8, 4) is 0 Å². The lowest BCUT2D eigenvalue weighted by Gasteiger charge is -2.25. The second-order valence-corrected chi connectivity index (χ2v) is 3.03. The first-order valence-electron chi connectivity index (χ1n) is 4.80. The van der Waals surface area contributed by atoms with Crippen LogP contribution in [0.15, 0.2) is 12.2 Å². The Morgan fingerprint density at radius 3 is 2.00 bits per heavy atom. The Morgan fingerprint density at radius 2 is 1.61 bits per heavy atom. The molecule has 0 radical (unpaired) electrons. The molecule has 0 bridgehead atoms. The van der Waals surface area contributed by atoms with Crippen molar-refractivity contribution in [1.29, 1.82) is 0 Å². The number of esters is 1. The topological polar surface area (TPSA) is 29.5 Å². The molecule has 0 spiro atoms. The number of alkyl halides is 6. The van der Waals surface area contributed by atoms with Crippen LogP contribution in [0, 0.1) is 0 Å². The van der Waals surface area contributed by atoms with Gasteiger partial charge in [-0.25, -0.2) is 0 Å². The van der Waals surface area contributed by atoms with Crippen LogP contribution in [0.2, 0.25) is 0 Å². The van der Waals surface area contributed by atoms with E-state index >= 15 is 0 Å². The maximum absolute atomic E-state index is 12.0. The first kappa shape index (κ1) is 16.8. The monoisotopic (exact) mass is 279 g/mol. The van der Waals surface area contributed by atoms with E-state index in [0.717, 1.165) is 6.08 Å². The Morgan fingerprint density at radius 1 is 1.11 bits per heavy atom. The quantitative estimate of drug-likeness (QED) is 0.335. The fourth-order valence-electron chi connectivity index (χ4n) is 0.930. The molecule has 0 amide bonds. The molecule has 0 saturated carbocycles. The van der Waals surface area contributed by atoms with E-state index < -0.39 is 30.0 Å². The molecule has 106 valence electrons. The smallest absolute Gasteiger partial charge is 0.466 e. The number of hydrogen-bond donors (Lipinski definition) is 0. The first-order valence-corrected chi connectivity index (χ1v) is 4.80. The van der Waals surface area contributed by atoms with Gasteiger partial charge in [-0.1, -0.05) is 12.2 Å². The summed E-state index contributed by atoms with van der Waals surface area (Å²) in [7, 11) is 0. The van der Waals surface area contributed by atoms with Crippen LogP contribution in [-0.2, 0) is 9.53 Å². The summed E-state index contributed by atoms with van der Waals surface area (Å²) in [5.74, 6) is -0.723. The number of ether oxygens (including phenoxy) is 1. The third-order valence-electron chi connectivity index (χ3n) is 1.66. The fraction of sp³-hybridized carbons (Fsp3) is 0.667. The lowest BCUT2D eigenvalue weighted by atomic mass is 10.3. The number of nitrogens with zero attached hydrogens (tertiary/aromatic N) is 1. The zero-order chi connectivity index (χ0) is 14.4. The summed E-state index contributed by atoms with van der Waals surface area (Å²) in [6.07, 6.45) is -9.92. The van der Waals surface area contributed by atoms with E-state index in [1.54, 1.807) is 0 Å². The van der Waals surface area contributed by atoms with E-state index in [-0.39, 0.29) is 13.0 Å². The third kappa shape index (κ3) is 6.48. The van der Waals surface area contributed by atoms with Gasteiger partial charge in [0.05, 0.1) is 13.0 Å². The van der Waals surface area contributed by atoms with Crippen molar-refractivity contribution in [1.82, 2.24) is 4.90 Å². The maximum atomic E-state index is 12.0. The van der Waals surface area contributed by atoms with Gasteiger partial charge < -0.3 is 4.74 Å². The zero-order valence-corrected chi connectivity index (χ0v) is 9.31. The van der Waals surface area contributed by atoms with Crippen LogP contribution in [0.5, 0.6) is 0 Å². The molecule has 18 heavy (non-hydrogen) atoms. The second kappa shape index (κ2) is 6.62. The second-order valence-electron chi connectivity index (χ2n) is 3.03. The molecule has 0 rings (SSSR count). The molecule has 0 atom stereocenters. The van der Waals surface area contributed by atoms with Gasteiger partial charge >= 0.3 is 18.6 Å². The Kier molecular flexibility index (Phi) is 6.16. The molecular formula is C9H11F6NO2. The Balaban J connectivity index is 4.38. The van der Waals surface area contributed by atoms with Crippen LogP contribution in [-0.4, -0.2) is 36.6 Å². The van der Waals surface area contributed by atoms with Crippen molar-refractivity contribution >= 4 is 5.97 Å². The van der Waals surface area contributed by atoms with Crippen molar-refractivity contribution in [2.75, 3.05) is 13.2 Å². The van der Waals surface area contributed by atoms with E-state index in [4.69, 9.17) is 0 Å². The number of hydrogen-bond acceptors (Lipinski definition) is 3. The van der Waals surface area contributed by atoms with Crippen LogP contribution >= 0.6 is 0 Å². The highest BCUT2D eigenvalue weighted by Crippen LogP contribution is 2.32. The molecule has 0 aromatic rings. The standard InChI is InChI=1S/C9H11F6NO2/c1-2-18-7(17)5-3-4-6-16(8(10,11)12)9(13,14)15/h3-4H,2,5-6H2,1H3. The van der Waals surface area contributed by atoms with E-state index in [1.807, 2.05) is 0 Å². The average Bonchev–Trinajstić information content (AvgIpc) is 2.13. The largest absolute Gasteiger partial charge is 0.467 e. The molecule has 0 aliphatic heterocycles. The summed E-state index contributed by atoms with van der Waals surface area (Å²) >= 11 is 0. The van der Waals surface area contributed by atoms with Crippen LogP contribution in [0.25, 0.3) is 0 Å². The van der Waals surface area contributed by atoms with Gasteiger partial charge in [0.25, 0.3) is 0 Å². The molecule has 0 fully saturated rings. The lowest BCUT2D eigenvalue weighted by Crippen LogP contribution is -2.47. The summed E-state index contributed by atoms with van der Waals surface area (Å²) in [4.78, 5) is 9.15. The van der Waals surface area contributed by atoms with Gasteiger partial charge in [-0.3, -0.25) is 4.79 Å². The van der Waals surface area contributed by atoms with Crippen LogP contribution in [0.1, 0.15) is 13.3 Å². The van der Waals surface area contributed by atoms with Gasteiger partial charge in [-0.15, -0.1) is 4.90 Å². The Bertz CT molecular complexity index is 282. The summed E-state index contributed by atoms with van der Waals surface area (Å²) < 4.78 is 76.5. The fourth-order valence-corrected chi connectivity index (χ4v) is 0.930. The van der Waals surface area contributed by atoms with Crippen molar-refractivity contribution in [3.05, 3.63) is 12.2 Å². The summed E-state index contributed by atoms with van der Waals surface area (Å²) in [6.45, 7) is 0.201. The minimum Gasteiger partial charge on any atom is -0.466 e. The number of carbonyl (C=O) groups excluding carboxylic acids is 1. The van der Waals surface area contributed by atoms with Crippen LogP contribution in [0.4, 0.5) is 26.3 Å². The maximum Gasteiger partial charge on any atom is 0.467 e.